The largest absolute Gasteiger partial charge is 0.454 e. The van der Waals surface area contributed by atoms with Crippen LogP contribution in [0.15, 0.2) is 41.2 Å². The minimum atomic E-state index is -0.0654. The molecular formula is C20H15NO4. The summed E-state index contributed by atoms with van der Waals surface area (Å²) in [6, 6.07) is 10.9. The second-order valence-electron chi connectivity index (χ2n) is 6.31. The Morgan fingerprint density at radius 1 is 1.00 bits per heavy atom. The zero-order chi connectivity index (χ0) is 17.1. The van der Waals surface area contributed by atoms with Crippen molar-refractivity contribution in [1.82, 2.24) is 4.57 Å². The Kier molecular flexibility index (Phi) is 2.83. The molecule has 0 spiro atoms. The van der Waals surface area contributed by atoms with Gasteiger partial charge in [0.25, 0.3) is 5.56 Å². The quantitative estimate of drug-likeness (QED) is 0.564. The molecule has 0 bridgehead atoms. The highest BCUT2D eigenvalue weighted by Gasteiger charge is 2.34. The zero-order valence-electron chi connectivity index (χ0n) is 13.7. The van der Waals surface area contributed by atoms with Gasteiger partial charge in [-0.15, -0.1) is 0 Å². The predicted molar refractivity (Wildman–Crippen MR) is 93.5 cm³/mol. The molecule has 0 atom stereocenters. The number of rotatable bonds is 2. The number of hydrogen-bond acceptors (Lipinski definition) is 4. The van der Waals surface area contributed by atoms with E-state index in [1.807, 2.05) is 31.2 Å². The molecule has 0 saturated carbocycles. The van der Waals surface area contributed by atoms with E-state index in [0.29, 0.717) is 45.6 Å². The summed E-state index contributed by atoms with van der Waals surface area (Å²) in [5.74, 6) is 1.13. The van der Waals surface area contributed by atoms with Gasteiger partial charge in [-0.1, -0.05) is 25.1 Å². The van der Waals surface area contributed by atoms with Crippen LogP contribution in [0.5, 0.6) is 11.5 Å². The number of pyridine rings is 1. The maximum absolute atomic E-state index is 13.2. The lowest BCUT2D eigenvalue weighted by molar-refractivity contribution is 0.104. The van der Waals surface area contributed by atoms with E-state index in [0.717, 1.165) is 12.0 Å². The molecular weight excluding hydrogens is 318 g/mol. The van der Waals surface area contributed by atoms with E-state index in [1.165, 1.54) is 0 Å². The normalized spacial score (nSPS) is 14.0. The van der Waals surface area contributed by atoms with E-state index in [-0.39, 0.29) is 18.1 Å². The number of ketones is 1. The van der Waals surface area contributed by atoms with Gasteiger partial charge in [0.05, 0.1) is 11.3 Å². The molecule has 0 unspecified atom stereocenters. The van der Waals surface area contributed by atoms with Crippen molar-refractivity contribution in [2.24, 2.45) is 0 Å². The van der Waals surface area contributed by atoms with Crippen molar-refractivity contribution < 1.29 is 14.3 Å². The number of hydrogen-bond donors (Lipinski definition) is 0. The molecule has 124 valence electrons. The summed E-state index contributed by atoms with van der Waals surface area (Å²) in [6.45, 7) is 2.73. The monoisotopic (exact) mass is 333 g/mol. The fraction of sp³-hybridized carbons (Fsp3) is 0.200. The molecule has 3 aromatic rings. The number of aromatic nitrogens is 1. The van der Waals surface area contributed by atoms with Gasteiger partial charge >= 0.3 is 0 Å². The number of ether oxygens (including phenoxy) is 2. The van der Waals surface area contributed by atoms with E-state index in [1.54, 1.807) is 16.7 Å². The summed E-state index contributed by atoms with van der Waals surface area (Å²) in [5.41, 5.74) is 2.56. The van der Waals surface area contributed by atoms with Gasteiger partial charge in [-0.25, -0.2) is 0 Å². The molecule has 0 fully saturated rings. The lowest BCUT2D eigenvalue weighted by Gasteiger charge is -2.14. The van der Waals surface area contributed by atoms with Crippen LogP contribution in [0.4, 0.5) is 0 Å². The summed E-state index contributed by atoms with van der Waals surface area (Å²) in [7, 11) is 0. The first-order chi connectivity index (χ1) is 12.2. The number of benzene rings is 2. The maximum Gasteiger partial charge on any atom is 0.258 e. The van der Waals surface area contributed by atoms with Crippen LogP contribution >= 0.6 is 0 Å². The molecule has 0 N–H and O–H groups in total. The SMILES string of the molecule is CCCn1c2c(c3ccccc3c1=O)C(=O)c1cc3c(cc1-2)OCO3. The van der Waals surface area contributed by atoms with Gasteiger partial charge in [-0.05, 0) is 24.6 Å². The molecule has 1 aliphatic carbocycles. The van der Waals surface area contributed by atoms with Gasteiger partial charge in [0.15, 0.2) is 17.3 Å². The third-order valence-electron chi connectivity index (χ3n) is 4.87. The second kappa shape index (κ2) is 4.96. The fourth-order valence-corrected chi connectivity index (χ4v) is 3.80. The molecule has 0 amide bonds. The summed E-state index contributed by atoms with van der Waals surface area (Å²) in [4.78, 5) is 26.2. The van der Waals surface area contributed by atoms with Crippen LogP contribution in [-0.2, 0) is 6.54 Å². The van der Waals surface area contributed by atoms with Crippen molar-refractivity contribution in [2.75, 3.05) is 6.79 Å². The van der Waals surface area contributed by atoms with Crippen LogP contribution in [0.1, 0.15) is 29.3 Å². The molecule has 5 rings (SSSR count). The Bertz CT molecular complexity index is 1130. The highest BCUT2D eigenvalue weighted by molar-refractivity contribution is 6.27. The summed E-state index contributed by atoms with van der Waals surface area (Å²) in [5, 5.41) is 1.29. The predicted octanol–water partition coefficient (Wildman–Crippen LogP) is 3.35. The Hall–Kier alpha value is -3.08. The molecule has 1 aliphatic heterocycles. The van der Waals surface area contributed by atoms with Crippen molar-refractivity contribution in [1.29, 1.82) is 0 Å². The standard InChI is InChI=1S/C20H15NO4/c1-2-7-21-18-13-8-15-16(25-10-24-15)9-14(13)19(22)17(18)11-5-3-4-6-12(11)20(21)23/h3-6,8-9H,2,7,10H2,1H3. The zero-order valence-corrected chi connectivity index (χ0v) is 13.7. The molecule has 2 aliphatic rings. The van der Waals surface area contributed by atoms with Gasteiger partial charge in [0.1, 0.15) is 0 Å². The van der Waals surface area contributed by atoms with Crippen LogP contribution in [-0.4, -0.2) is 17.1 Å². The van der Waals surface area contributed by atoms with Crippen molar-refractivity contribution in [3.05, 3.63) is 57.9 Å². The van der Waals surface area contributed by atoms with E-state index >= 15 is 0 Å². The molecule has 2 aromatic carbocycles. The van der Waals surface area contributed by atoms with Gasteiger partial charge < -0.3 is 14.0 Å². The van der Waals surface area contributed by atoms with Crippen LogP contribution in [0.25, 0.3) is 22.0 Å². The third kappa shape index (κ3) is 1.78. The lowest BCUT2D eigenvalue weighted by atomic mass is 10.0. The molecule has 1 aromatic heterocycles. The van der Waals surface area contributed by atoms with E-state index in [2.05, 4.69) is 0 Å². The number of carbonyl (C=O) groups is 1. The molecule has 0 saturated heterocycles. The minimum absolute atomic E-state index is 0.0606. The lowest BCUT2D eigenvalue weighted by Crippen LogP contribution is -2.23. The van der Waals surface area contributed by atoms with Crippen molar-refractivity contribution in [2.45, 2.75) is 19.9 Å². The average Bonchev–Trinajstić information content (AvgIpc) is 3.20. The summed E-state index contributed by atoms with van der Waals surface area (Å²) >= 11 is 0. The highest BCUT2D eigenvalue weighted by atomic mass is 16.7. The Balaban J connectivity index is 1.94. The third-order valence-corrected chi connectivity index (χ3v) is 4.87. The van der Waals surface area contributed by atoms with Crippen LogP contribution in [0.3, 0.4) is 0 Å². The number of carbonyl (C=O) groups excluding carboxylic acids is 1. The summed E-state index contributed by atoms with van der Waals surface area (Å²) in [6.07, 6.45) is 0.804. The smallest absolute Gasteiger partial charge is 0.258 e. The number of nitrogens with zero attached hydrogens (tertiary/aromatic N) is 1. The number of fused-ring (bicyclic) bond motifs is 6. The van der Waals surface area contributed by atoms with Crippen molar-refractivity contribution >= 4 is 16.6 Å². The van der Waals surface area contributed by atoms with E-state index in [9.17, 15) is 9.59 Å². The summed E-state index contributed by atoms with van der Waals surface area (Å²) < 4.78 is 12.6. The Morgan fingerprint density at radius 2 is 1.68 bits per heavy atom. The van der Waals surface area contributed by atoms with Crippen molar-refractivity contribution in [3.63, 3.8) is 0 Å². The topological polar surface area (TPSA) is 57.5 Å². The molecule has 2 heterocycles. The molecule has 5 heteroatoms. The molecule has 5 nitrogen and oxygen atoms in total. The van der Waals surface area contributed by atoms with Crippen LogP contribution in [0, 0.1) is 0 Å². The molecule has 25 heavy (non-hydrogen) atoms. The second-order valence-corrected chi connectivity index (χ2v) is 6.31. The van der Waals surface area contributed by atoms with E-state index < -0.39 is 0 Å². The van der Waals surface area contributed by atoms with Crippen LogP contribution < -0.4 is 15.0 Å². The Morgan fingerprint density at radius 3 is 2.40 bits per heavy atom. The highest BCUT2D eigenvalue weighted by Crippen LogP contribution is 2.45. The maximum atomic E-state index is 13.2. The first-order valence-corrected chi connectivity index (χ1v) is 8.35. The van der Waals surface area contributed by atoms with Gasteiger partial charge in [0.2, 0.25) is 6.79 Å². The fourth-order valence-electron chi connectivity index (χ4n) is 3.80. The van der Waals surface area contributed by atoms with Gasteiger partial charge in [0, 0.05) is 28.4 Å². The minimum Gasteiger partial charge on any atom is -0.454 e. The Labute approximate surface area is 143 Å². The van der Waals surface area contributed by atoms with Gasteiger partial charge in [-0.2, -0.15) is 0 Å². The molecule has 0 radical (unpaired) electrons. The first-order valence-electron chi connectivity index (χ1n) is 8.35. The van der Waals surface area contributed by atoms with E-state index in [4.69, 9.17) is 9.47 Å². The van der Waals surface area contributed by atoms with Crippen molar-refractivity contribution in [3.8, 4) is 22.8 Å². The average molecular weight is 333 g/mol. The van der Waals surface area contributed by atoms with Gasteiger partial charge in [-0.3, -0.25) is 9.59 Å². The first kappa shape index (κ1) is 14.3. The van der Waals surface area contributed by atoms with Crippen LogP contribution in [0.2, 0.25) is 0 Å².